The number of para-hydroxylation sites is 3. The lowest BCUT2D eigenvalue weighted by molar-refractivity contribution is 0.102. The number of hydrogen-bond donors (Lipinski definition) is 3. The molecule has 4 N–H and O–H groups in total. The highest BCUT2D eigenvalue weighted by Crippen LogP contribution is 2.24. The average Bonchev–Trinajstić information content (AvgIpc) is 3.12. The Kier molecular flexibility index (Phi) is 5.63. The number of anilines is 3. The third kappa shape index (κ3) is 4.11. The van der Waals surface area contributed by atoms with E-state index in [9.17, 15) is 4.79 Å². The number of nitrogens with two attached hydrogens (primary N) is 1. The van der Waals surface area contributed by atoms with Crippen LogP contribution in [0.3, 0.4) is 0 Å². The maximum absolute atomic E-state index is 12.5. The van der Waals surface area contributed by atoms with Crippen molar-refractivity contribution >= 4 is 34.0 Å². The summed E-state index contributed by atoms with van der Waals surface area (Å²) in [6, 6.07) is 22.7. The van der Waals surface area contributed by atoms with Gasteiger partial charge in [-0.15, -0.1) is 0 Å². The van der Waals surface area contributed by atoms with Crippen molar-refractivity contribution < 1.29 is 9.53 Å². The van der Waals surface area contributed by atoms with E-state index in [0.717, 1.165) is 22.3 Å². The summed E-state index contributed by atoms with van der Waals surface area (Å²) < 4.78 is 7.04. The summed E-state index contributed by atoms with van der Waals surface area (Å²) in [4.78, 5) is 12.5. The largest absolute Gasteiger partial charge is 0.397 e. The Morgan fingerprint density at radius 3 is 2.53 bits per heavy atom. The number of nitrogen functional groups attached to an aromatic ring is 1. The van der Waals surface area contributed by atoms with E-state index in [0.29, 0.717) is 30.2 Å². The normalized spacial score (nSPS) is 10.8. The van der Waals surface area contributed by atoms with Crippen molar-refractivity contribution in [3.8, 4) is 0 Å². The Bertz CT molecular complexity index is 1170. The highest BCUT2D eigenvalue weighted by Gasteiger charge is 2.11. The Morgan fingerprint density at radius 2 is 1.77 bits per heavy atom. The molecule has 0 aliphatic heterocycles. The highest BCUT2D eigenvalue weighted by atomic mass is 16.5. The van der Waals surface area contributed by atoms with Crippen LogP contribution < -0.4 is 16.4 Å². The predicted molar refractivity (Wildman–Crippen MR) is 120 cm³/mol. The molecule has 0 aliphatic carbocycles. The molecule has 3 aromatic carbocycles. The molecular weight excluding hydrogens is 378 g/mol. The number of nitrogens with zero attached hydrogens (tertiary/aromatic N) is 2. The number of ether oxygens (including phenoxy) is 1. The van der Waals surface area contributed by atoms with Crippen LogP contribution in [0.2, 0.25) is 0 Å². The smallest absolute Gasteiger partial charge is 0.255 e. The lowest BCUT2D eigenvalue weighted by Crippen LogP contribution is -2.13. The average molecular weight is 401 g/mol. The monoisotopic (exact) mass is 401 g/mol. The van der Waals surface area contributed by atoms with E-state index < -0.39 is 0 Å². The van der Waals surface area contributed by atoms with Crippen molar-refractivity contribution in [2.45, 2.75) is 6.54 Å². The lowest BCUT2D eigenvalue weighted by Gasteiger charge is -2.09. The predicted octanol–water partition coefficient (Wildman–Crippen LogP) is 3.93. The van der Waals surface area contributed by atoms with Crippen LogP contribution in [0.15, 0.2) is 72.8 Å². The summed E-state index contributed by atoms with van der Waals surface area (Å²) in [6.07, 6.45) is 0. The van der Waals surface area contributed by atoms with Crippen LogP contribution in [0, 0.1) is 0 Å². The Balaban J connectivity index is 1.51. The molecule has 0 fully saturated rings. The van der Waals surface area contributed by atoms with E-state index in [-0.39, 0.29) is 5.91 Å². The quantitative estimate of drug-likeness (QED) is 0.322. The molecule has 0 aliphatic rings. The van der Waals surface area contributed by atoms with Gasteiger partial charge in [0.25, 0.3) is 5.91 Å². The molecular formula is C23H23N5O2. The minimum Gasteiger partial charge on any atom is -0.397 e. The molecule has 7 heteroatoms. The van der Waals surface area contributed by atoms with Crippen molar-refractivity contribution in [3.63, 3.8) is 0 Å². The SMILES string of the molecule is COCNc1nn(Cc2ccc(C(=O)Nc3ccccc3N)cc2)c2ccccc12. The zero-order chi connectivity index (χ0) is 20.9. The minimum absolute atomic E-state index is 0.199. The molecule has 0 spiro atoms. The van der Waals surface area contributed by atoms with E-state index in [1.807, 2.05) is 53.2 Å². The van der Waals surface area contributed by atoms with E-state index in [4.69, 9.17) is 10.5 Å². The summed E-state index contributed by atoms with van der Waals surface area (Å²) >= 11 is 0. The van der Waals surface area contributed by atoms with Crippen molar-refractivity contribution in [1.82, 2.24) is 9.78 Å². The fourth-order valence-corrected chi connectivity index (χ4v) is 3.26. The summed E-state index contributed by atoms with van der Waals surface area (Å²) in [6.45, 7) is 0.972. The van der Waals surface area contributed by atoms with E-state index >= 15 is 0 Å². The van der Waals surface area contributed by atoms with Gasteiger partial charge in [0, 0.05) is 18.1 Å². The first kappa shape index (κ1) is 19.5. The molecule has 1 heterocycles. The van der Waals surface area contributed by atoms with Crippen LogP contribution in [-0.4, -0.2) is 29.5 Å². The van der Waals surface area contributed by atoms with Crippen LogP contribution in [0.1, 0.15) is 15.9 Å². The molecule has 4 aromatic rings. The zero-order valence-electron chi connectivity index (χ0n) is 16.6. The number of carbonyl (C=O) groups excluding carboxylic acids is 1. The van der Waals surface area contributed by atoms with E-state index in [2.05, 4.69) is 15.7 Å². The summed E-state index contributed by atoms with van der Waals surface area (Å²) in [7, 11) is 1.63. The summed E-state index contributed by atoms with van der Waals surface area (Å²) in [5, 5.41) is 11.7. The van der Waals surface area contributed by atoms with Crippen LogP contribution in [0.4, 0.5) is 17.2 Å². The molecule has 0 atom stereocenters. The Morgan fingerprint density at radius 1 is 1.03 bits per heavy atom. The molecule has 0 saturated carbocycles. The van der Waals surface area contributed by atoms with Gasteiger partial charge in [-0.3, -0.25) is 9.48 Å². The van der Waals surface area contributed by atoms with Crippen molar-refractivity contribution in [2.75, 3.05) is 30.2 Å². The second-order valence-corrected chi connectivity index (χ2v) is 6.87. The van der Waals surface area contributed by atoms with Gasteiger partial charge in [-0.2, -0.15) is 5.10 Å². The maximum atomic E-state index is 12.5. The molecule has 152 valence electrons. The number of benzene rings is 3. The number of nitrogens with one attached hydrogen (secondary N) is 2. The molecule has 0 radical (unpaired) electrons. The van der Waals surface area contributed by atoms with Gasteiger partial charge in [-0.1, -0.05) is 36.4 Å². The number of methoxy groups -OCH3 is 1. The number of fused-ring (bicyclic) bond motifs is 1. The standard InChI is InChI=1S/C23H23N5O2/c1-30-15-25-22-18-6-2-5-9-21(18)28(27-22)14-16-10-12-17(13-11-16)23(29)26-20-8-4-3-7-19(20)24/h2-13H,14-15,24H2,1H3,(H,25,27)(H,26,29). The topological polar surface area (TPSA) is 94.2 Å². The molecule has 4 rings (SSSR count). The molecule has 7 nitrogen and oxygen atoms in total. The number of aromatic nitrogens is 2. The minimum atomic E-state index is -0.199. The van der Waals surface area contributed by atoms with Crippen LogP contribution in [-0.2, 0) is 11.3 Å². The molecule has 30 heavy (non-hydrogen) atoms. The van der Waals surface area contributed by atoms with Crippen molar-refractivity contribution in [2.24, 2.45) is 0 Å². The third-order valence-corrected chi connectivity index (χ3v) is 4.80. The van der Waals surface area contributed by atoms with Gasteiger partial charge in [0.15, 0.2) is 5.82 Å². The van der Waals surface area contributed by atoms with Crippen molar-refractivity contribution in [1.29, 1.82) is 0 Å². The van der Waals surface area contributed by atoms with Gasteiger partial charge >= 0.3 is 0 Å². The Hall–Kier alpha value is -3.84. The first-order valence-electron chi connectivity index (χ1n) is 9.59. The number of rotatable bonds is 7. The first-order valence-corrected chi connectivity index (χ1v) is 9.59. The van der Waals surface area contributed by atoms with Crippen molar-refractivity contribution in [3.05, 3.63) is 83.9 Å². The van der Waals surface area contributed by atoms with Gasteiger partial charge in [0.1, 0.15) is 6.73 Å². The number of hydrogen-bond acceptors (Lipinski definition) is 5. The first-order chi connectivity index (χ1) is 14.7. The highest BCUT2D eigenvalue weighted by molar-refractivity contribution is 6.05. The summed E-state index contributed by atoms with van der Waals surface area (Å²) in [5.74, 6) is 0.582. The van der Waals surface area contributed by atoms with E-state index in [1.165, 1.54) is 0 Å². The number of amides is 1. The number of carbonyl (C=O) groups is 1. The van der Waals surface area contributed by atoms with Gasteiger partial charge < -0.3 is 21.1 Å². The molecule has 1 aromatic heterocycles. The fourth-order valence-electron chi connectivity index (χ4n) is 3.26. The molecule has 0 unspecified atom stereocenters. The van der Waals surface area contributed by atoms with Crippen LogP contribution >= 0.6 is 0 Å². The molecule has 0 bridgehead atoms. The van der Waals surface area contributed by atoms with Gasteiger partial charge in [0.05, 0.1) is 23.4 Å². The fraction of sp³-hybridized carbons (Fsp3) is 0.130. The van der Waals surface area contributed by atoms with Gasteiger partial charge in [-0.05, 0) is 42.0 Å². The molecule has 1 amide bonds. The second-order valence-electron chi connectivity index (χ2n) is 6.87. The van der Waals surface area contributed by atoms with Crippen LogP contribution in [0.25, 0.3) is 10.9 Å². The van der Waals surface area contributed by atoms with Gasteiger partial charge in [0.2, 0.25) is 0 Å². The van der Waals surface area contributed by atoms with Gasteiger partial charge in [-0.25, -0.2) is 0 Å². The second kappa shape index (κ2) is 8.67. The van der Waals surface area contributed by atoms with E-state index in [1.54, 1.807) is 31.4 Å². The third-order valence-electron chi connectivity index (χ3n) is 4.80. The Labute approximate surface area is 174 Å². The summed E-state index contributed by atoms with van der Waals surface area (Å²) in [5.41, 5.74) is 9.66. The lowest BCUT2D eigenvalue weighted by atomic mass is 10.1. The molecule has 0 saturated heterocycles. The maximum Gasteiger partial charge on any atom is 0.255 e. The van der Waals surface area contributed by atoms with Crippen LogP contribution in [0.5, 0.6) is 0 Å². The zero-order valence-corrected chi connectivity index (χ0v) is 16.6.